The van der Waals surface area contributed by atoms with E-state index in [1.165, 1.54) is 11.1 Å². The third kappa shape index (κ3) is 1.65. The van der Waals surface area contributed by atoms with Crippen LogP contribution in [0.2, 0.25) is 0 Å². The van der Waals surface area contributed by atoms with Gasteiger partial charge >= 0.3 is 0 Å². The fourth-order valence-electron chi connectivity index (χ4n) is 1.39. The van der Waals surface area contributed by atoms with Crippen LogP contribution in [0, 0.1) is 0 Å². The molecule has 1 heterocycles. The van der Waals surface area contributed by atoms with Gasteiger partial charge in [-0.05, 0) is 23.0 Å². The Balaban J connectivity index is 3.02. The average molecular weight is 151 g/mol. The Morgan fingerprint density at radius 1 is 1.27 bits per heavy atom. The van der Waals surface area contributed by atoms with Gasteiger partial charge in [0.05, 0.1) is 0 Å². The summed E-state index contributed by atoms with van der Waals surface area (Å²) in [4.78, 5) is 3.16. The molecule has 0 saturated heterocycles. The van der Waals surface area contributed by atoms with E-state index in [-0.39, 0.29) is 5.41 Å². The van der Waals surface area contributed by atoms with E-state index in [1.54, 1.807) is 0 Å². The summed E-state index contributed by atoms with van der Waals surface area (Å²) in [6.45, 7) is 8.93. The van der Waals surface area contributed by atoms with Crippen LogP contribution in [0.4, 0.5) is 0 Å². The average Bonchev–Trinajstić information content (AvgIpc) is 2.31. The van der Waals surface area contributed by atoms with Crippen LogP contribution >= 0.6 is 0 Å². The largest absolute Gasteiger partial charge is 0.367 e. The molecule has 0 fully saturated rings. The van der Waals surface area contributed by atoms with Gasteiger partial charge in [0.25, 0.3) is 0 Å². The molecule has 1 aromatic rings. The van der Waals surface area contributed by atoms with E-state index in [9.17, 15) is 0 Å². The van der Waals surface area contributed by atoms with Crippen molar-refractivity contribution in [1.29, 1.82) is 0 Å². The minimum atomic E-state index is 0.283. The van der Waals surface area contributed by atoms with E-state index in [2.05, 4.69) is 45.1 Å². The third-order valence-corrected chi connectivity index (χ3v) is 2.02. The zero-order valence-electron chi connectivity index (χ0n) is 7.86. The van der Waals surface area contributed by atoms with Crippen molar-refractivity contribution in [2.75, 3.05) is 0 Å². The molecular formula is C10H17N. The van der Waals surface area contributed by atoms with Crippen molar-refractivity contribution in [3.63, 3.8) is 0 Å². The van der Waals surface area contributed by atoms with Crippen LogP contribution in [0.15, 0.2) is 12.4 Å². The molecule has 1 nitrogen and oxygen atoms in total. The third-order valence-electron chi connectivity index (χ3n) is 2.02. The summed E-state index contributed by atoms with van der Waals surface area (Å²) in [6, 6.07) is 0. The van der Waals surface area contributed by atoms with Crippen LogP contribution in [-0.2, 0) is 11.8 Å². The molecule has 0 aromatic carbocycles. The van der Waals surface area contributed by atoms with Gasteiger partial charge in [-0.1, -0.05) is 27.7 Å². The highest BCUT2D eigenvalue weighted by atomic mass is 14.6. The molecule has 11 heavy (non-hydrogen) atoms. The second-order valence-corrected chi connectivity index (χ2v) is 4.00. The minimum absolute atomic E-state index is 0.283. The first-order chi connectivity index (χ1) is 5.05. The standard InChI is InChI=1S/C10H17N/c1-5-8-6-11-7-9(8)10(2,3)4/h6-7,11H,5H2,1-4H3. The zero-order chi connectivity index (χ0) is 8.48. The highest BCUT2D eigenvalue weighted by Crippen LogP contribution is 2.25. The van der Waals surface area contributed by atoms with Gasteiger partial charge in [-0.2, -0.15) is 0 Å². The Hall–Kier alpha value is -0.720. The highest BCUT2D eigenvalue weighted by molar-refractivity contribution is 5.29. The number of hydrogen-bond acceptors (Lipinski definition) is 0. The van der Waals surface area contributed by atoms with E-state index in [1.807, 2.05) is 0 Å². The number of hydrogen-bond donors (Lipinski definition) is 1. The summed E-state index contributed by atoms with van der Waals surface area (Å²) in [5.41, 5.74) is 3.17. The molecule has 0 aliphatic carbocycles. The van der Waals surface area contributed by atoms with Crippen LogP contribution in [0.25, 0.3) is 0 Å². The van der Waals surface area contributed by atoms with Gasteiger partial charge in [-0.15, -0.1) is 0 Å². The van der Waals surface area contributed by atoms with Crippen LogP contribution in [0.1, 0.15) is 38.8 Å². The molecule has 0 spiro atoms. The number of aryl methyl sites for hydroxylation is 1. The van der Waals surface area contributed by atoms with Crippen molar-refractivity contribution < 1.29 is 0 Å². The molecule has 0 amide bonds. The summed E-state index contributed by atoms with van der Waals surface area (Å²) in [6.07, 6.45) is 5.33. The molecule has 1 N–H and O–H groups in total. The Bertz CT molecular complexity index is 227. The van der Waals surface area contributed by atoms with Crippen molar-refractivity contribution in [2.24, 2.45) is 0 Å². The molecule has 0 aliphatic rings. The number of aromatic amines is 1. The number of nitrogens with one attached hydrogen (secondary N) is 1. The SMILES string of the molecule is CCc1c[nH]cc1C(C)(C)C. The lowest BCUT2D eigenvalue weighted by atomic mass is 9.86. The van der Waals surface area contributed by atoms with Crippen molar-refractivity contribution in [2.45, 2.75) is 39.5 Å². The lowest BCUT2D eigenvalue weighted by molar-refractivity contribution is 0.585. The van der Waals surface area contributed by atoms with Gasteiger partial charge in [-0.25, -0.2) is 0 Å². The fraction of sp³-hybridized carbons (Fsp3) is 0.600. The summed E-state index contributed by atoms with van der Waals surface area (Å²) < 4.78 is 0. The van der Waals surface area contributed by atoms with Gasteiger partial charge in [0.2, 0.25) is 0 Å². The Kier molecular flexibility index (Phi) is 2.08. The molecule has 0 saturated carbocycles. The summed E-state index contributed by atoms with van der Waals surface area (Å²) >= 11 is 0. The molecule has 0 aliphatic heterocycles. The molecule has 0 bridgehead atoms. The summed E-state index contributed by atoms with van der Waals surface area (Å²) in [7, 11) is 0. The van der Waals surface area contributed by atoms with Crippen LogP contribution in [0.5, 0.6) is 0 Å². The lowest BCUT2D eigenvalue weighted by Gasteiger charge is -2.18. The Labute approximate surface area is 68.8 Å². The van der Waals surface area contributed by atoms with Crippen LogP contribution in [0.3, 0.4) is 0 Å². The first-order valence-electron chi connectivity index (χ1n) is 4.22. The zero-order valence-corrected chi connectivity index (χ0v) is 7.86. The molecular weight excluding hydrogens is 134 g/mol. The number of H-pyrrole nitrogens is 1. The molecule has 0 atom stereocenters. The molecule has 0 unspecified atom stereocenters. The molecule has 0 radical (unpaired) electrons. The normalized spacial score (nSPS) is 12.0. The second-order valence-electron chi connectivity index (χ2n) is 4.00. The van der Waals surface area contributed by atoms with Crippen molar-refractivity contribution >= 4 is 0 Å². The highest BCUT2D eigenvalue weighted by Gasteiger charge is 2.17. The second kappa shape index (κ2) is 2.72. The van der Waals surface area contributed by atoms with Crippen molar-refractivity contribution in [3.05, 3.63) is 23.5 Å². The summed E-state index contributed by atoms with van der Waals surface area (Å²) in [5.74, 6) is 0. The van der Waals surface area contributed by atoms with Crippen molar-refractivity contribution in [3.8, 4) is 0 Å². The van der Waals surface area contributed by atoms with E-state index >= 15 is 0 Å². The van der Waals surface area contributed by atoms with E-state index in [0.29, 0.717) is 0 Å². The Morgan fingerprint density at radius 2 is 1.91 bits per heavy atom. The fourth-order valence-corrected chi connectivity index (χ4v) is 1.39. The molecule has 1 rings (SSSR count). The monoisotopic (exact) mass is 151 g/mol. The first kappa shape index (κ1) is 8.38. The van der Waals surface area contributed by atoms with Gasteiger partial charge < -0.3 is 4.98 Å². The predicted octanol–water partition coefficient (Wildman–Crippen LogP) is 2.87. The van der Waals surface area contributed by atoms with Gasteiger partial charge in [0.1, 0.15) is 0 Å². The smallest absolute Gasteiger partial charge is 0.00455 e. The molecule has 1 aromatic heterocycles. The number of rotatable bonds is 1. The quantitative estimate of drug-likeness (QED) is 0.635. The van der Waals surface area contributed by atoms with Gasteiger partial charge in [-0.3, -0.25) is 0 Å². The van der Waals surface area contributed by atoms with Gasteiger partial charge in [0.15, 0.2) is 0 Å². The topological polar surface area (TPSA) is 15.8 Å². The Morgan fingerprint density at radius 3 is 2.27 bits per heavy atom. The van der Waals surface area contributed by atoms with Crippen LogP contribution in [-0.4, -0.2) is 4.98 Å². The van der Waals surface area contributed by atoms with E-state index < -0.39 is 0 Å². The van der Waals surface area contributed by atoms with Crippen molar-refractivity contribution in [1.82, 2.24) is 4.98 Å². The molecule has 62 valence electrons. The maximum atomic E-state index is 3.16. The maximum absolute atomic E-state index is 3.16. The van der Waals surface area contributed by atoms with E-state index in [4.69, 9.17) is 0 Å². The number of aromatic nitrogens is 1. The van der Waals surface area contributed by atoms with E-state index in [0.717, 1.165) is 6.42 Å². The maximum Gasteiger partial charge on any atom is 0.00455 e. The summed E-state index contributed by atoms with van der Waals surface area (Å²) in [5, 5.41) is 0. The van der Waals surface area contributed by atoms with Crippen LogP contribution < -0.4 is 0 Å². The first-order valence-corrected chi connectivity index (χ1v) is 4.22. The molecule has 1 heteroatoms. The lowest BCUT2D eigenvalue weighted by Crippen LogP contribution is -2.11. The minimum Gasteiger partial charge on any atom is -0.367 e. The predicted molar refractivity (Wildman–Crippen MR) is 48.9 cm³/mol. The van der Waals surface area contributed by atoms with Gasteiger partial charge in [0, 0.05) is 12.4 Å².